The Bertz CT molecular complexity index is 1130. The molecule has 0 radical (unpaired) electrons. The Morgan fingerprint density at radius 2 is 1.82 bits per heavy atom. The van der Waals surface area contributed by atoms with Crippen molar-refractivity contribution < 1.29 is 27.4 Å². The van der Waals surface area contributed by atoms with Crippen molar-refractivity contribution >= 4 is 21.6 Å². The van der Waals surface area contributed by atoms with Gasteiger partial charge in [0.25, 0.3) is 5.91 Å². The average Bonchev–Trinajstić information content (AvgIpc) is 2.87. The van der Waals surface area contributed by atoms with Crippen molar-refractivity contribution in [2.75, 3.05) is 38.7 Å². The van der Waals surface area contributed by atoms with E-state index in [2.05, 4.69) is 11.4 Å². The number of nitrogens with one attached hydrogen (secondary N) is 1. The molecular weight excluding hydrogens is 456 g/mol. The number of methoxy groups -OCH3 is 1. The summed E-state index contributed by atoms with van der Waals surface area (Å²) in [6.07, 6.45) is 4.20. The lowest BCUT2D eigenvalue weighted by Crippen LogP contribution is -2.40. The SMILES string of the molecule is CC[C@@H](Oc1ccc2c(c1)CCCC2)C(=O)Nc1cc(S(=O)(=O)N2CCOCC2)ccc1OC. The van der Waals surface area contributed by atoms with Gasteiger partial charge in [0, 0.05) is 13.1 Å². The zero-order valence-corrected chi connectivity index (χ0v) is 20.5. The Morgan fingerprint density at radius 3 is 2.53 bits per heavy atom. The van der Waals surface area contributed by atoms with Crippen molar-refractivity contribution in [3.05, 3.63) is 47.5 Å². The topological polar surface area (TPSA) is 94.2 Å². The molecule has 1 fully saturated rings. The van der Waals surface area contributed by atoms with Gasteiger partial charge < -0.3 is 19.5 Å². The third kappa shape index (κ3) is 5.37. The lowest BCUT2D eigenvalue weighted by Gasteiger charge is -2.26. The predicted octanol–water partition coefficient (Wildman–Crippen LogP) is 3.39. The second-order valence-electron chi connectivity index (χ2n) is 8.52. The molecule has 1 heterocycles. The third-order valence-corrected chi connectivity index (χ3v) is 8.19. The van der Waals surface area contributed by atoms with Crippen molar-refractivity contribution in [1.29, 1.82) is 0 Å². The highest BCUT2D eigenvalue weighted by Crippen LogP contribution is 2.30. The van der Waals surface area contributed by atoms with Gasteiger partial charge in [-0.15, -0.1) is 0 Å². The minimum atomic E-state index is -3.71. The van der Waals surface area contributed by atoms with E-state index in [0.29, 0.717) is 44.2 Å². The molecule has 0 saturated carbocycles. The number of carbonyl (C=O) groups excluding carboxylic acids is 1. The van der Waals surface area contributed by atoms with Crippen LogP contribution < -0.4 is 14.8 Å². The molecule has 2 aliphatic rings. The number of anilines is 1. The quantitative estimate of drug-likeness (QED) is 0.612. The van der Waals surface area contributed by atoms with Gasteiger partial charge >= 0.3 is 0 Å². The van der Waals surface area contributed by atoms with E-state index in [1.54, 1.807) is 6.07 Å². The van der Waals surface area contributed by atoms with Crippen molar-refractivity contribution in [3.63, 3.8) is 0 Å². The number of fused-ring (bicyclic) bond motifs is 1. The van der Waals surface area contributed by atoms with E-state index in [1.807, 2.05) is 19.1 Å². The average molecular weight is 489 g/mol. The molecule has 1 aliphatic heterocycles. The summed E-state index contributed by atoms with van der Waals surface area (Å²) in [4.78, 5) is 13.2. The Hall–Kier alpha value is -2.62. The van der Waals surface area contributed by atoms with Gasteiger partial charge in [0.15, 0.2) is 6.10 Å². The fourth-order valence-corrected chi connectivity index (χ4v) is 5.80. The number of carbonyl (C=O) groups is 1. The molecule has 4 rings (SSSR count). The van der Waals surface area contributed by atoms with Crippen LogP contribution in [0.1, 0.15) is 37.3 Å². The molecule has 8 nitrogen and oxygen atoms in total. The van der Waals surface area contributed by atoms with E-state index in [0.717, 1.165) is 19.3 Å². The Kier molecular flexibility index (Phi) is 7.75. The van der Waals surface area contributed by atoms with Crippen LogP contribution in [-0.4, -0.2) is 58.1 Å². The third-order valence-electron chi connectivity index (χ3n) is 6.30. The number of rotatable bonds is 8. The Labute approximate surface area is 201 Å². The maximum Gasteiger partial charge on any atom is 0.265 e. The molecule has 1 amide bonds. The summed E-state index contributed by atoms with van der Waals surface area (Å²) in [5.41, 5.74) is 2.91. The zero-order valence-electron chi connectivity index (χ0n) is 19.7. The fourth-order valence-electron chi connectivity index (χ4n) is 4.36. The molecular formula is C25H32N2O6S. The van der Waals surface area contributed by atoms with Crippen LogP contribution in [0, 0.1) is 0 Å². The number of hydrogen-bond acceptors (Lipinski definition) is 6. The number of morpholine rings is 1. The first kappa shape index (κ1) is 24.5. The number of sulfonamides is 1. The predicted molar refractivity (Wildman–Crippen MR) is 129 cm³/mol. The first-order valence-corrected chi connectivity index (χ1v) is 13.2. The first-order valence-electron chi connectivity index (χ1n) is 11.8. The van der Waals surface area contributed by atoms with Gasteiger partial charge in [-0.3, -0.25) is 4.79 Å². The van der Waals surface area contributed by atoms with Crippen LogP contribution in [-0.2, 0) is 32.4 Å². The fraction of sp³-hybridized carbons (Fsp3) is 0.480. The van der Waals surface area contributed by atoms with Crippen LogP contribution >= 0.6 is 0 Å². The number of nitrogens with zero attached hydrogens (tertiary/aromatic N) is 1. The molecule has 184 valence electrons. The Balaban J connectivity index is 1.52. The molecule has 1 atom stereocenters. The largest absolute Gasteiger partial charge is 0.495 e. The maximum atomic E-state index is 13.1. The van der Waals surface area contributed by atoms with Crippen LogP contribution in [0.3, 0.4) is 0 Å². The summed E-state index contributed by atoms with van der Waals surface area (Å²) in [6.45, 7) is 3.18. The monoisotopic (exact) mass is 488 g/mol. The highest BCUT2D eigenvalue weighted by atomic mass is 32.2. The van der Waals surface area contributed by atoms with Crippen molar-refractivity contribution in [2.24, 2.45) is 0 Å². The van der Waals surface area contributed by atoms with E-state index in [1.165, 1.54) is 41.1 Å². The van der Waals surface area contributed by atoms with Crippen LogP contribution in [0.25, 0.3) is 0 Å². The summed E-state index contributed by atoms with van der Waals surface area (Å²) in [7, 11) is -2.24. The van der Waals surface area contributed by atoms with E-state index in [9.17, 15) is 13.2 Å². The molecule has 9 heteroatoms. The molecule has 0 aromatic heterocycles. The lowest BCUT2D eigenvalue weighted by atomic mass is 9.92. The van der Waals surface area contributed by atoms with Gasteiger partial charge in [0.2, 0.25) is 10.0 Å². The summed E-state index contributed by atoms with van der Waals surface area (Å²) < 4.78 is 44.2. The second kappa shape index (κ2) is 10.8. The van der Waals surface area contributed by atoms with E-state index >= 15 is 0 Å². The Morgan fingerprint density at radius 1 is 1.09 bits per heavy atom. The first-order chi connectivity index (χ1) is 16.4. The standard InChI is InChI=1S/C25H32N2O6S/c1-3-23(33-20-9-8-18-6-4-5-7-19(18)16-20)25(28)26-22-17-21(10-11-24(22)31-2)34(29,30)27-12-14-32-15-13-27/h8-11,16-17,23H,3-7,12-15H2,1-2H3,(H,26,28)/t23-/m1/s1. The summed E-state index contributed by atoms with van der Waals surface area (Å²) >= 11 is 0. The molecule has 34 heavy (non-hydrogen) atoms. The maximum absolute atomic E-state index is 13.1. The molecule has 2 aromatic rings. The van der Waals surface area contributed by atoms with Gasteiger partial charge in [-0.05, 0) is 73.6 Å². The molecule has 0 unspecified atom stereocenters. The van der Waals surface area contributed by atoms with E-state index < -0.39 is 16.1 Å². The minimum Gasteiger partial charge on any atom is -0.495 e. The number of aryl methyl sites for hydroxylation is 2. The molecule has 1 aliphatic carbocycles. The minimum absolute atomic E-state index is 0.0918. The van der Waals surface area contributed by atoms with Crippen LogP contribution in [0.5, 0.6) is 11.5 Å². The van der Waals surface area contributed by atoms with Crippen molar-refractivity contribution in [1.82, 2.24) is 4.31 Å². The van der Waals surface area contributed by atoms with E-state index in [4.69, 9.17) is 14.2 Å². The van der Waals surface area contributed by atoms with Gasteiger partial charge in [-0.25, -0.2) is 8.42 Å². The van der Waals surface area contributed by atoms with Crippen LogP contribution in [0.2, 0.25) is 0 Å². The van der Waals surface area contributed by atoms with Crippen molar-refractivity contribution in [3.8, 4) is 11.5 Å². The summed E-state index contributed by atoms with van der Waals surface area (Å²) in [5.74, 6) is 0.676. The number of ether oxygens (including phenoxy) is 3. The highest BCUT2D eigenvalue weighted by molar-refractivity contribution is 7.89. The van der Waals surface area contributed by atoms with Crippen LogP contribution in [0.4, 0.5) is 5.69 Å². The summed E-state index contributed by atoms with van der Waals surface area (Å²) in [6, 6.07) is 10.5. The number of benzene rings is 2. The van der Waals surface area contributed by atoms with Crippen molar-refractivity contribution in [2.45, 2.75) is 50.0 Å². The highest BCUT2D eigenvalue weighted by Gasteiger charge is 2.28. The van der Waals surface area contributed by atoms with Gasteiger partial charge in [-0.2, -0.15) is 4.31 Å². The van der Waals surface area contributed by atoms with Gasteiger partial charge in [0.05, 0.1) is 30.9 Å². The number of amides is 1. The molecule has 0 spiro atoms. The van der Waals surface area contributed by atoms with Crippen LogP contribution in [0.15, 0.2) is 41.3 Å². The van der Waals surface area contributed by atoms with E-state index in [-0.39, 0.29) is 16.5 Å². The zero-order chi connectivity index (χ0) is 24.1. The molecule has 1 N–H and O–H groups in total. The molecule has 0 bridgehead atoms. The normalized spacial score (nSPS) is 17.5. The summed E-state index contributed by atoms with van der Waals surface area (Å²) in [5, 5.41) is 2.81. The van der Waals surface area contributed by atoms with Gasteiger partial charge in [0.1, 0.15) is 11.5 Å². The molecule has 2 aromatic carbocycles. The lowest BCUT2D eigenvalue weighted by molar-refractivity contribution is -0.122. The second-order valence-corrected chi connectivity index (χ2v) is 10.5. The smallest absolute Gasteiger partial charge is 0.265 e. The molecule has 1 saturated heterocycles. The van der Waals surface area contributed by atoms with Gasteiger partial charge in [-0.1, -0.05) is 13.0 Å². The number of hydrogen-bond donors (Lipinski definition) is 1.